The lowest BCUT2D eigenvalue weighted by Crippen LogP contribution is -2.54. The smallest absolute Gasteiger partial charge is 0.262 e. The third kappa shape index (κ3) is 5.60. The summed E-state index contributed by atoms with van der Waals surface area (Å²) in [6.07, 6.45) is 5.67. The Morgan fingerprint density at radius 3 is 1.97 bits per heavy atom. The van der Waals surface area contributed by atoms with Crippen molar-refractivity contribution in [3.63, 3.8) is 0 Å². The van der Waals surface area contributed by atoms with Crippen LogP contribution in [0.4, 0.5) is 5.69 Å². The van der Waals surface area contributed by atoms with E-state index in [0.717, 1.165) is 61.7 Å². The highest BCUT2D eigenvalue weighted by molar-refractivity contribution is 6.23. The van der Waals surface area contributed by atoms with Gasteiger partial charge in [-0.2, -0.15) is 0 Å². The van der Waals surface area contributed by atoms with E-state index in [1.807, 2.05) is 6.07 Å². The van der Waals surface area contributed by atoms with Crippen LogP contribution in [0, 0.1) is 11.8 Å². The first kappa shape index (κ1) is 26.4. The highest BCUT2D eigenvalue weighted by Crippen LogP contribution is 2.32. The van der Waals surface area contributed by atoms with Crippen LogP contribution in [0.2, 0.25) is 0 Å². The number of imide groups is 2. The van der Waals surface area contributed by atoms with Gasteiger partial charge in [-0.15, -0.1) is 0 Å². The van der Waals surface area contributed by atoms with Crippen LogP contribution in [0.1, 0.15) is 59.2 Å². The monoisotopic (exact) mass is 536 g/mol. The van der Waals surface area contributed by atoms with E-state index < -0.39 is 23.8 Å². The molecule has 1 saturated carbocycles. The summed E-state index contributed by atoms with van der Waals surface area (Å²) < 4.78 is 0. The fourth-order valence-corrected chi connectivity index (χ4v) is 7.06. The summed E-state index contributed by atoms with van der Waals surface area (Å²) in [4.78, 5) is 58.6. The van der Waals surface area contributed by atoms with Crippen LogP contribution in [0.15, 0.2) is 18.2 Å². The Balaban J connectivity index is 0.995. The molecule has 1 unspecified atom stereocenters. The van der Waals surface area contributed by atoms with Crippen molar-refractivity contribution < 1.29 is 19.2 Å². The molecule has 4 amide bonds. The lowest BCUT2D eigenvalue weighted by atomic mass is 9.81. The number of piperazine rings is 2. The highest BCUT2D eigenvalue weighted by atomic mass is 16.2. The number of nitrogens with zero attached hydrogens (tertiary/aromatic N) is 4. The molecule has 2 N–H and O–H groups in total. The van der Waals surface area contributed by atoms with E-state index in [1.165, 1.54) is 51.9 Å². The molecule has 39 heavy (non-hydrogen) atoms. The summed E-state index contributed by atoms with van der Waals surface area (Å²) in [6, 6.07) is 4.49. The molecule has 0 aromatic heterocycles. The van der Waals surface area contributed by atoms with E-state index in [4.69, 9.17) is 0 Å². The first-order valence-corrected chi connectivity index (χ1v) is 14.7. The fourth-order valence-electron chi connectivity index (χ4n) is 7.06. The summed E-state index contributed by atoms with van der Waals surface area (Å²) in [7, 11) is 0. The fraction of sp³-hybridized carbons (Fsp3) is 0.655. The Morgan fingerprint density at radius 1 is 0.718 bits per heavy atom. The van der Waals surface area contributed by atoms with Crippen molar-refractivity contribution in [1.29, 1.82) is 0 Å². The van der Waals surface area contributed by atoms with E-state index in [1.54, 1.807) is 12.1 Å². The molecule has 4 heterocycles. The number of piperidine rings is 1. The van der Waals surface area contributed by atoms with Crippen molar-refractivity contribution in [2.24, 2.45) is 11.8 Å². The van der Waals surface area contributed by atoms with Crippen LogP contribution in [-0.2, 0) is 9.59 Å². The molecule has 5 aliphatic rings. The van der Waals surface area contributed by atoms with Gasteiger partial charge in [0.1, 0.15) is 6.04 Å². The maximum Gasteiger partial charge on any atom is 0.262 e. The summed E-state index contributed by atoms with van der Waals surface area (Å²) >= 11 is 0. The molecular formula is C29H40N6O4. The molecular weight excluding hydrogens is 496 g/mol. The molecule has 1 aromatic carbocycles. The van der Waals surface area contributed by atoms with Gasteiger partial charge >= 0.3 is 0 Å². The maximum absolute atomic E-state index is 13.2. The molecule has 10 heteroatoms. The molecule has 210 valence electrons. The van der Waals surface area contributed by atoms with Crippen LogP contribution in [0.25, 0.3) is 0 Å². The first-order chi connectivity index (χ1) is 19.0. The molecule has 10 nitrogen and oxygen atoms in total. The van der Waals surface area contributed by atoms with Gasteiger partial charge in [-0.25, -0.2) is 0 Å². The summed E-state index contributed by atoms with van der Waals surface area (Å²) in [5.41, 5.74) is 1.62. The molecule has 4 fully saturated rings. The quantitative estimate of drug-likeness (QED) is 0.518. The van der Waals surface area contributed by atoms with Crippen molar-refractivity contribution in [2.75, 3.05) is 70.3 Å². The zero-order valence-corrected chi connectivity index (χ0v) is 22.7. The second-order valence-corrected chi connectivity index (χ2v) is 11.9. The number of fused-ring (bicyclic) bond motifs is 1. The standard InChI is InChI=1S/C29H40N6O4/c36-26-8-7-25(27(37)31-26)35-28(38)23-6-5-22(17-24(23)29(35)39)34-15-13-33(14-16-34)19-21-3-1-20(2-4-21)18-32-11-9-30-10-12-32/h5-6,17,20-21,25,30H,1-4,7-16,18-19H2,(H,31,36,37). The lowest BCUT2D eigenvalue weighted by molar-refractivity contribution is -0.136. The van der Waals surface area contributed by atoms with Crippen molar-refractivity contribution >= 4 is 29.3 Å². The number of amides is 4. The van der Waals surface area contributed by atoms with Crippen LogP contribution in [-0.4, -0.2) is 110 Å². The zero-order valence-electron chi connectivity index (χ0n) is 22.7. The normalized spacial score (nSPS) is 29.1. The topological polar surface area (TPSA) is 105 Å². The van der Waals surface area contributed by atoms with E-state index in [2.05, 4.69) is 25.3 Å². The predicted molar refractivity (Wildman–Crippen MR) is 147 cm³/mol. The van der Waals surface area contributed by atoms with Gasteiger partial charge in [0.05, 0.1) is 11.1 Å². The van der Waals surface area contributed by atoms with Crippen molar-refractivity contribution in [1.82, 2.24) is 25.3 Å². The van der Waals surface area contributed by atoms with E-state index in [0.29, 0.717) is 11.1 Å². The minimum absolute atomic E-state index is 0.122. The molecule has 0 spiro atoms. The van der Waals surface area contributed by atoms with Crippen LogP contribution < -0.4 is 15.5 Å². The number of carbonyl (C=O) groups is 4. The SMILES string of the molecule is O=C1CCC(N2C(=O)c3ccc(N4CCN(CC5CCC(CN6CCNCC6)CC5)CC4)cc3C2=O)C(=O)N1. The third-order valence-corrected chi connectivity index (χ3v) is 9.37. The van der Waals surface area contributed by atoms with Gasteiger partial charge in [-0.1, -0.05) is 0 Å². The minimum atomic E-state index is -0.931. The van der Waals surface area contributed by atoms with Gasteiger partial charge < -0.3 is 15.1 Å². The molecule has 3 saturated heterocycles. The second kappa shape index (κ2) is 11.3. The van der Waals surface area contributed by atoms with Gasteiger partial charge in [0.2, 0.25) is 11.8 Å². The molecule has 4 aliphatic heterocycles. The van der Waals surface area contributed by atoms with E-state index in [-0.39, 0.29) is 18.7 Å². The average Bonchev–Trinajstić information content (AvgIpc) is 3.20. The number of nitrogens with one attached hydrogen (secondary N) is 2. The van der Waals surface area contributed by atoms with Crippen LogP contribution in [0.5, 0.6) is 0 Å². The minimum Gasteiger partial charge on any atom is -0.369 e. The van der Waals surface area contributed by atoms with Crippen molar-refractivity contribution in [2.45, 2.75) is 44.6 Å². The highest BCUT2D eigenvalue weighted by Gasteiger charge is 2.44. The Kier molecular flexibility index (Phi) is 7.68. The number of hydrogen-bond acceptors (Lipinski definition) is 8. The molecule has 1 aliphatic carbocycles. The Labute approximate surface area is 230 Å². The van der Waals surface area contributed by atoms with Gasteiger partial charge in [-0.05, 0) is 62.1 Å². The maximum atomic E-state index is 13.2. The Morgan fingerprint density at radius 2 is 1.33 bits per heavy atom. The number of anilines is 1. The second-order valence-electron chi connectivity index (χ2n) is 11.9. The zero-order chi connectivity index (χ0) is 26.9. The largest absolute Gasteiger partial charge is 0.369 e. The summed E-state index contributed by atoms with van der Waals surface area (Å²) in [5.74, 6) is -0.201. The Hall–Kier alpha value is -2.82. The summed E-state index contributed by atoms with van der Waals surface area (Å²) in [5, 5.41) is 5.69. The molecule has 1 atom stereocenters. The van der Waals surface area contributed by atoms with E-state index >= 15 is 0 Å². The molecule has 0 bridgehead atoms. The van der Waals surface area contributed by atoms with E-state index in [9.17, 15) is 19.2 Å². The molecule has 6 rings (SSSR count). The predicted octanol–water partition coefficient (Wildman–Crippen LogP) is 0.921. The van der Waals surface area contributed by atoms with Crippen molar-refractivity contribution in [3.8, 4) is 0 Å². The van der Waals surface area contributed by atoms with Crippen LogP contribution >= 0.6 is 0 Å². The first-order valence-electron chi connectivity index (χ1n) is 14.7. The Bertz CT molecular complexity index is 1120. The van der Waals surface area contributed by atoms with Gasteiger partial charge in [0.15, 0.2) is 0 Å². The number of benzene rings is 1. The third-order valence-electron chi connectivity index (χ3n) is 9.37. The van der Waals surface area contributed by atoms with Crippen LogP contribution in [0.3, 0.4) is 0 Å². The number of hydrogen-bond donors (Lipinski definition) is 2. The van der Waals surface area contributed by atoms with Gasteiger partial charge in [-0.3, -0.25) is 34.3 Å². The lowest BCUT2D eigenvalue weighted by Gasteiger charge is -2.39. The summed E-state index contributed by atoms with van der Waals surface area (Å²) in [6.45, 7) is 10.8. The van der Waals surface area contributed by atoms with Gasteiger partial charge in [0, 0.05) is 77.6 Å². The average molecular weight is 537 g/mol. The number of carbonyl (C=O) groups excluding carboxylic acids is 4. The van der Waals surface area contributed by atoms with Gasteiger partial charge in [0.25, 0.3) is 11.8 Å². The van der Waals surface area contributed by atoms with Crippen molar-refractivity contribution in [3.05, 3.63) is 29.3 Å². The molecule has 0 radical (unpaired) electrons. The molecule has 1 aromatic rings. The number of rotatable bonds is 6.